The molecule has 0 amide bonds. The quantitative estimate of drug-likeness (QED) is 0.302. The molecule has 0 rings (SSSR count). The van der Waals surface area contributed by atoms with Crippen molar-refractivity contribution in [2.45, 2.75) is 9.88 Å². The van der Waals surface area contributed by atoms with E-state index in [1.807, 2.05) is 0 Å². The summed E-state index contributed by atoms with van der Waals surface area (Å²) in [6.45, 7) is 0. The summed E-state index contributed by atoms with van der Waals surface area (Å²) in [5.41, 5.74) is 15.9. The Labute approximate surface area is 56.7 Å². The van der Waals surface area contributed by atoms with Gasteiger partial charge >= 0.3 is 56.4 Å². The van der Waals surface area contributed by atoms with Crippen molar-refractivity contribution < 1.29 is 0 Å². The van der Waals surface area contributed by atoms with E-state index >= 15 is 0 Å². The van der Waals surface area contributed by atoms with Crippen molar-refractivity contribution in [2.75, 3.05) is 0 Å². The van der Waals surface area contributed by atoms with E-state index in [1.165, 1.54) is 0 Å². The number of nitrogens with zero attached hydrogens (tertiary/aromatic N) is 6. The Hall–Kier alpha value is -0.581. The molecule has 0 N–H and O–H groups in total. The van der Waals surface area contributed by atoms with Gasteiger partial charge in [-0.3, -0.25) is 0 Å². The predicted molar refractivity (Wildman–Crippen MR) is 35.8 cm³/mol. The average molecular weight is 233 g/mol. The fraction of sp³-hybridized carbons (Fsp3) is 1.00. The van der Waals surface area contributed by atoms with Gasteiger partial charge in [-0.05, 0) is 0 Å². The van der Waals surface area contributed by atoms with Crippen molar-refractivity contribution in [1.82, 2.24) is 0 Å². The molecule has 48 valence electrons. The topological polar surface area (TPSA) is 97.5 Å². The molecule has 0 aliphatic carbocycles. The maximum absolute atomic E-state index is 7.96. The molecular weight excluding hydrogens is 227 g/mol. The molecule has 0 saturated heterocycles. The second kappa shape index (κ2) is 3.45. The summed E-state index contributed by atoms with van der Waals surface area (Å²) >= 11 is -2.95. The third kappa shape index (κ3) is 3.96. The zero-order chi connectivity index (χ0) is 7.33. The van der Waals surface area contributed by atoms with Gasteiger partial charge < -0.3 is 0 Å². The molecule has 7 heteroatoms. The Bertz CT molecular complexity index is 163. The molecule has 0 aliphatic rings. The van der Waals surface area contributed by atoms with Gasteiger partial charge in [0.1, 0.15) is 0 Å². The van der Waals surface area contributed by atoms with Gasteiger partial charge in [0.25, 0.3) is 0 Å². The molecule has 0 radical (unpaired) electrons. The van der Waals surface area contributed by atoms with Crippen molar-refractivity contribution >= 4 is 18.9 Å². The zero-order valence-electron chi connectivity index (χ0n) is 5.18. The number of azide groups is 1. The Morgan fingerprint density at radius 1 is 1.11 bits per heavy atom. The standard InChI is InChI=1S/2CH3.2N3.Sn/c;;2*1-3-2;/h2*1H3;;;/q;;2*-1;+2. The SMILES string of the molecule is [CH3][Sn]([CH3])([N]=[N+]=[N-])[N]=[N+]=[N-]. The monoisotopic (exact) mass is 234 g/mol. The Balaban J connectivity index is 4.36. The molecule has 0 aromatic carbocycles. The fourth-order valence-corrected chi connectivity index (χ4v) is 1.60. The third-order valence-electron chi connectivity index (χ3n) is 0.579. The second-order valence-corrected chi connectivity index (χ2v) is 11.5. The van der Waals surface area contributed by atoms with Crippen LogP contribution in [0, 0.1) is 0 Å². The van der Waals surface area contributed by atoms with Crippen LogP contribution in [0.25, 0.3) is 20.9 Å². The van der Waals surface area contributed by atoms with E-state index in [9.17, 15) is 0 Å². The molecule has 0 unspecified atom stereocenters. The van der Waals surface area contributed by atoms with E-state index in [2.05, 4.69) is 16.5 Å². The van der Waals surface area contributed by atoms with Crippen LogP contribution in [0.3, 0.4) is 0 Å². The van der Waals surface area contributed by atoms with Crippen molar-refractivity contribution in [2.24, 2.45) is 6.67 Å². The normalized spacial score (nSPS) is 9.11. The van der Waals surface area contributed by atoms with Crippen LogP contribution in [-0.4, -0.2) is 18.9 Å². The van der Waals surface area contributed by atoms with E-state index < -0.39 is 18.9 Å². The van der Waals surface area contributed by atoms with Crippen LogP contribution in [0.4, 0.5) is 0 Å². The van der Waals surface area contributed by atoms with Crippen molar-refractivity contribution in [3.8, 4) is 0 Å². The van der Waals surface area contributed by atoms with Crippen LogP contribution in [-0.2, 0) is 0 Å². The minimum absolute atomic E-state index is 1.73. The van der Waals surface area contributed by atoms with Crippen LogP contribution in [0.2, 0.25) is 9.88 Å². The molecule has 0 aliphatic heterocycles. The second-order valence-electron chi connectivity index (χ2n) is 1.87. The van der Waals surface area contributed by atoms with Gasteiger partial charge in [-0.1, -0.05) is 0 Å². The van der Waals surface area contributed by atoms with E-state index in [-0.39, 0.29) is 0 Å². The van der Waals surface area contributed by atoms with Crippen LogP contribution in [0.15, 0.2) is 6.67 Å². The number of hydrogen-bond acceptors (Lipinski definition) is 2. The summed E-state index contributed by atoms with van der Waals surface area (Å²) in [4.78, 5) is 8.62. The molecule has 0 aromatic heterocycles. The summed E-state index contributed by atoms with van der Waals surface area (Å²) < 4.78 is 6.83. The van der Waals surface area contributed by atoms with E-state index in [4.69, 9.17) is 11.1 Å². The average Bonchev–Trinajstić information content (AvgIpc) is 1.64. The molecule has 0 fully saturated rings. The number of hydrogen-bond donors (Lipinski definition) is 0. The van der Waals surface area contributed by atoms with Gasteiger partial charge in [0.15, 0.2) is 0 Å². The van der Waals surface area contributed by atoms with Crippen molar-refractivity contribution in [3.05, 3.63) is 20.9 Å². The van der Waals surface area contributed by atoms with Crippen LogP contribution in [0.1, 0.15) is 0 Å². The fourth-order valence-electron chi connectivity index (χ4n) is 0.239. The first kappa shape index (κ1) is 8.42. The van der Waals surface area contributed by atoms with Gasteiger partial charge in [-0.25, -0.2) is 0 Å². The molecular formula is C2H6N6Sn. The molecule has 6 nitrogen and oxygen atoms in total. The molecule has 0 bridgehead atoms. The summed E-state index contributed by atoms with van der Waals surface area (Å²) in [7, 11) is 0. The Morgan fingerprint density at radius 2 is 1.44 bits per heavy atom. The van der Waals surface area contributed by atoms with Gasteiger partial charge in [0, 0.05) is 0 Å². The summed E-state index contributed by atoms with van der Waals surface area (Å²) in [6, 6.07) is 0. The first-order valence-electron chi connectivity index (χ1n) is 2.25. The van der Waals surface area contributed by atoms with Crippen molar-refractivity contribution in [1.29, 1.82) is 0 Å². The van der Waals surface area contributed by atoms with E-state index in [1.54, 1.807) is 9.88 Å². The summed E-state index contributed by atoms with van der Waals surface area (Å²) in [5.74, 6) is 0. The molecule has 0 saturated carbocycles. The zero-order valence-corrected chi connectivity index (χ0v) is 8.04. The molecule has 0 aromatic rings. The van der Waals surface area contributed by atoms with Gasteiger partial charge in [0.2, 0.25) is 0 Å². The molecule has 9 heavy (non-hydrogen) atoms. The maximum atomic E-state index is 7.96. The van der Waals surface area contributed by atoms with Gasteiger partial charge in [0.05, 0.1) is 0 Å². The van der Waals surface area contributed by atoms with E-state index in [0.717, 1.165) is 0 Å². The van der Waals surface area contributed by atoms with Gasteiger partial charge in [-0.15, -0.1) is 0 Å². The molecule has 0 spiro atoms. The molecule has 0 heterocycles. The number of rotatable bonds is 2. The van der Waals surface area contributed by atoms with Crippen LogP contribution >= 0.6 is 0 Å². The van der Waals surface area contributed by atoms with Crippen LogP contribution < -0.4 is 0 Å². The first-order chi connectivity index (χ1) is 4.12. The van der Waals surface area contributed by atoms with Gasteiger partial charge in [-0.2, -0.15) is 0 Å². The van der Waals surface area contributed by atoms with Crippen LogP contribution in [0.5, 0.6) is 0 Å². The third-order valence-corrected chi connectivity index (χ3v) is 3.88. The Kier molecular flexibility index (Phi) is 3.22. The van der Waals surface area contributed by atoms with Crippen molar-refractivity contribution in [3.63, 3.8) is 0 Å². The predicted octanol–water partition coefficient (Wildman–Crippen LogP) is 2.31. The summed E-state index contributed by atoms with van der Waals surface area (Å²) in [5, 5.41) is 0. The Morgan fingerprint density at radius 3 is 1.67 bits per heavy atom. The molecule has 0 atom stereocenters. The minimum atomic E-state index is -2.95. The first-order valence-corrected chi connectivity index (χ1v) is 10.5. The van der Waals surface area contributed by atoms with E-state index in [0.29, 0.717) is 0 Å². The summed E-state index contributed by atoms with van der Waals surface area (Å²) in [6.07, 6.45) is 0.